The molecule has 0 saturated carbocycles. The number of pyridine rings is 1. The highest BCUT2D eigenvalue weighted by Crippen LogP contribution is 2.30. The highest BCUT2D eigenvalue weighted by atomic mass is 16.5. The van der Waals surface area contributed by atoms with E-state index in [-0.39, 0.29) is 5.56 Å². The summed E-state index contributed by atoms with van der Waals surface area (Å²) in [4.78, 5) is 36.9. The number of hydrogen-bond donors (Lipinski definition) is 1. The molecular formula is C29H27N5O3. The van der Waals surface area contributed by atoms with Gasteiger partial charge in [-0.05, 0) is 42.2 Å². The van der Waals surface area contributed by atoms with E-state index in [9.17, 15) is 9.59 Å². The van der Waals surface area contributed by atoms with Crippen molar-refractivity contribution in [3.8, 4) is 22.5 Å². The number of nitrogens with one attached hydrogen (secondary N) is 1. The molecule has 0 atom stereocenters. The van der Waals surface area contributed by atoms with Crippen LogP contribution in [0.1, 0.15) is 41.7 Å². The number of H-pyrrole nitrogens is 1. The van der Waals surface area contributed by atoms with Gasteiger partial charge < -0.3 is 0 Å². The van der Waals surface area contributed by atoms with Crippen molar-refractivity contribution in [1.82, 2.24) is 24.7 Å². The molecule has 0 aliphatic carbocycles. The van der Waals surface area contributed by atoms with Gasteiger partial charge in [-0.2, -0.15) is 0 Å². The number of hydrogen-bond acceptors (Lipinski definition) is 6. The van der Waals surface area contributed by atoms with E-state index >= 15 is 0 Å². The maximum absolute atomic E-state index is 13.6. The van der Waals surface area contributed by atoms with Crippen LogP contribution in [0.2, 0.25) is 0 Å². The van der Waals surface area contributed by atoms with Gasteiger partial charge in [0.15, 0.2) is 5.82 Å². The third-order valence-corrected chi connectivity index (χ3v) is 6.34. The Morgan fingerprint density at radius 2 is 1.70 bits per heavy atom. The van der Waals surface area contributed by atoms with Crippen LogP contribution in [-0.4, -0.2) is 24.7 Å². The summed E-state index contributed by atoms with van der Waals surface area (Å²) in [5.41, 5.74) is 6.04. The Balaban J connectivity index is 1.48. The summed E-state index contributed by atoms with van der Waals surface area (Å²) in [6.07, 6.45) is 3.87. The van der Waals surface area contributed by atoms with Crippen LogP contribution >= 0.6 is 0 Å². The van der Waals surface area contributed by atoms with E-state index in [1.54, 1.807) is 10.8 Å². The van der Waals surface area contributed by atoms with Crippen LogP contribution < -0.4 is 11.3 Å². The average Bonchev–Trinajstić information content (AvgIpc) is 3.36. The van der Waals surface area contributed by atoms with Gasteiger partial charge in [0.05, 0.1) is 17.9 Å². The van der Waals surface area contributed by atoms with E-state index in [1.807, 2.05) is 73.7 Å². The van der Waals surface area contributed by atoms with Crippen molar-refractivity contribution >= 4 is 0 Å². The van der Waals surface area contributed by atoms with Crippen molar-refractivity contribution in [1.29, 1.82) is 0 Å². The molecule has 0 saturated heterocycles. The highest BCUT2D eigenvalue weighted by Gasteiger charge is 2.16. The summed E-state index contributed by atoms with van der Waals surface area (Å²) in [5, 5.41) is 3.84. The van der Waals surface area contributed by atoms with Crippen LogP contribution in [0.5, 0.6) is 0 Å². The molecule has 0 radical (unpaired) electrons. The molecular weight excluding hydrogens is 466 g/mol. The third kappa shape index (κ3) is 5.18. The summed E-state index contributed by atoms with van der Waals surface area (Å²) >= 11 is 0. The van der Waals surface area contributed by atoms with Crippen LogP contribution in [0.15, 0.2) is 87.0 Å². The van der Waals surface area contributed by atoms with E-state index in [4.69, 9.17) is 9.51 Å². The minimum atomic E-state index is -0.594. The summed E-state index contributed by atoms with van der Waals surface area (Å²) in [6.45, 7) is 4.36. The minimum absolute atomic E-state index is 0.0222. The molecule has 0 spiro atoms. The zero-order chi connectivity index (χ0) is 25.8. The second-order valence-corrected chi connectivity index (χ2v) is 8.91. The largest absolute Gasteiger partial charge is 0.439 e. The van der Waals surface area contributed by atoms with Gasteiger partial charge in [0, 0.05) is 23.7 Å². The molecule has 1 N–H and O–H groups in total. The SMILES string of the molecule is CCCc1nc(C)n(Cc2ccccn2)c(=O)c1Cc1ccc(-c2ccccc2-c2noc(=O)[nH]2)cc1. The number of benzene rings is 2. The number of rotatable bonds is 8. The van der Waals surface area contributed by atoms with Gasteiger partial charge in [-0.25, -0.2) is 9.78 Å². The van der Waals surface area contributed by atoms with Crippen molar-refractivity contribution < 1.29 is 4.52 Å². The Morgan fingerprint density at radius 1 is 0.946 bits per heavy atom. The minimum Gasteiger partial charge on any atom is -0.296 e. The molecule has 3 heterocycles. The van der Waals surface area contributed by atoms with Crippen molar-refractivity contribution in [2.75, 3.05) is 0 Å². The molecule has 0 unspecified atom stereocenters. The van der Waals surface area contributed by atoms with Crippen LogP contribution in [0.3, 0.4) is 0 Å². The first-order chi connectivity index (χ1) is 18.0. The Bertz CT molecular complexity index is 1630. The lowest BCUT2D eigenvalue weighted by molar-refractivity contribution is 0.388. The Hall–Kier alpha value is -4.59. The number of aromatic amines is 1. The fourth-order valence-electron chi connectivity index (χ4n) is 4.51. The van der Waals surface area contributed by atoms with E-state index in [2.05, 4.69) is 22.0 Å². The lowest BCUT2D eigenvalue weighted by Gasteiger charge is -2.15. The van der Waals surface area contributed by atoms with E-state index in [1.165, 1.54) is 0 Å². The molecule has 0 fully saturated rings. The topological polar surface area (TPSA) is 107 Å². The average molecular weight is 494 g/mol. The summed E-state index contributed by atoms with van der Waals surface area (Å²) in [7, 11) is 0. The smallest absolute Gasteiger partial charge is 0.296 e. The second kappa shape index (κ2) is 10.6. The Morgan fingerprint density at radius 3 is 2.38 bits per heavy atom. The first kappa shape index (κ1) is 24.1. The van der Waals surface area contributed by atoms with Crippen molar-refractivity contribution in [2.24, 2.45) is 0 Å². The predicted molar refractivity (Wildman–Crippen MR) is 141 cm³/mol. The molecule has 0 aliphatic rings. The fourth-order valence-corrected chi connectivity index (χ4v) is 4.51. The molecule has 186 valence electrons. The van der Waals surface area contributed by atoms with Crippen molar-refractivity contribution in [3.05, 3.63) is 122 Å². The van der Waals surface area contributed by atoms with E-state index in [0.29, 0.717) is 24.6 Å². The van der Waals surface area contributed by atoms with E-state index in [0.717, 1.165) is 52.0 Å². The summed E-state index contributed by atoms with van der Waals surface area (Å²) < 4.78 is 6.40. The maximum Gasteiger partial charge on any atom is 0.439 e. The quantitative estimate of drug-likeness (QED) is 0.340. The van der Waals surface area contributed by atoms with Gasteiger partial charge in [-0.15, -0.1) is 0 Å². The first-order valence-electron chi connectivity index (χ1n) is 12.3. The van der Waals surface area contributed by atoms with Gasteiger partial charge in [0.1, 0.15) is 5.82 Å². The van der Waals surface area contributed by atoms with Crippen molar-refractivity contribution in [2.45, 2.75) is 39.7 Å². The predicted octanol–water partition coefficient (Wildman–Crippen LogP) is 4.55. The number of nitrogens with zero attached hydrogens (tertiary/aromatic N) is 4. The first-order valence-corrected chi connectivity index (χ1v) is 12.3. The molecule has 37 heavy (non-hydrogen) atoms. The van der Waals surface area contributed by atoms with Crippen LogP contribution in [0.25, 0.3) is 22.5 Å². The zero-order valence-corrected chi connectivity index (χ0v) is 20.8. The molecule has 0 aliphatic heterocycles. The van der Waals surface area contributed by atoms with Gasteiger partial charge in [-0.3, -0.25) is 23.9 Å². The molecule has 2 aromatic carbocycles. The van der Waals surface area contributed by atoms with E-state index < -0.39 is 5.76 Å². The Kier molecular flexibility index (Phi) is 6.89. The zero-order valence-electron chi connectivity index (χ0n) is 20.8. The molecule has 8 heteroatoms. The summed E-state index contributed by atoms with van der Waals surface area (Å²) in [5.74, 6) is 0.484. The highest BCUT2D eigenvalue weighted by molar-refractivity contribution is 5.80. The summed E-state index contributed by atoms with van der Waals surface area (Å²) in [6, 6.07) is 21.4. The molecule has 8 nitrogen and oxygen atoms in total. The molecule has 0 bridgehead atoms. The normalized spacial score (nSPS) is 11.1. The van der Waals surface area contributed by atoms with Gasteiger partial charge in [0.2, 0.25) is 0 Å². The van der Waals surface area contributed by atoms with Crippen molar-refractivity contribution in [3.63, 3.8) is 0 Å². The lowest BCUT2D eigenvalue weighted by atomic mass is 9.96. The molecule has 0 amide bonds. The van der Waals surface area contributed by atoms with Crippen LogP contribution in [0.4, 0.5) is 0 Å². The fraction of sp³-hybridized carbons (Fsp3) is 0.207. The standard InChI is InChI=1S/C29H27N5O3/c1-3-8-26-25(28(35)34(19(2)31-26)18-22-9-6-7-16-30-22)17-20-12-14-21(15-13-20)23-10-4-5-11-24(23)27-32-29(36)37-33-27/h4-7,9-16H,3,8,17-18H2,1-2H3,(H,32,33,36). The van der Waals surface area contributed by atoms with Crippen LogP contribution in [-0.2, 0) is 19.4 Å². The van der Waals surface area contributed by atoms with Crippen LogP contribution in [0, 0.1) is 6.92 Å². The maximum atomic E-state index is 13.6. The Labute approximate surface area is 213 Å². The lowest BCUT2D eigenvalue weighted by Crippen LogP contribution is -2.30. The monoisotopic (exact) mass is 493 g/mol. The second-order valence-electron chi connectivity index (χ2n) is 8.91. The van der Waals surface area contributed by atoms with Gasteiger partial charge in [-0.1, -0.05) is 73.1 Å². The molecule has 5 aromatic rings. The number of aryl methyl sites for hydroxylation is 2. The molecule has 5 rings (SSSR count). The molecule has 3 aromatic heterocycles. The van der Waals surface area contributed by atoms with Gasteiger partial charge >= 0.3 is 5.76 Å². The van der Waals surface area contributed by atoms with Gasteiger partial charge in [0.25, 0.3) is 5.56 Å². The third-order valence-electron chi connectivity index (χ3n) is 6.34. The number of aromatic nitrogens is 5.